The Bertz CT molecular complexity index is 524. The van der Waals surface area contributed by atoms with E-state index >= 15 is 0 Å². The van der Waals surface area contributed by atoms with E-state index < -0.39 is 0 Å². The molecule has 2 atom stereocenters. The van der Waals surface area contributed by atoms with E-state index in [2.05, 4.69) is 28.3 Å². The van der Waals surface area contributed by atoms with Crippen LogP contribution in [-0.4, -0.2) is 46.7 Å². The molecular weight excluding hydrogens is 266 g/mol. The highest BCUT2D eigenvalue weighted by atomic mass is 16.5. The fourth-order valence-corrected chi connectivity index (χ4v) is 3.62. The van der Waals surface area contributed by atoms with Crippen LogP contribution in [0.1, 0.15) is 44.1 Å². The van der Waals surface area contributed by atoms with Gasteiger partial charge in [-0.15, -0.1) is 0 Å². The standard InChI is InChI=1S/C16H25N3O2/c1-11(2)18-7-6-12(9-18)15-17-8-14-5-4-13(10-19(14)15)16(20)21-3/h8,11-13H,4-7,9-10H2,1-3H3. The van der Waals surface area contributed by atoms with Crippen LogP contribution >= 0.6 is 0 Å². The van der Waals surface area contributed by atoms with Crippen LogP contribution in [0.4, 0.5) is 0 Å². The SMILES string of the molecule is COC(=O)C1CCc2cnc(C3CCN(C(C)C)C3)n2C1. The topological polar surface area (TPSA) is 47.4 Å². The zero-order valence-corrected chi connectivity index (χ0v) is 13.2. The maximum absolute atomic E-state index is 11.8. The number of imidazole rings is 1. The van der Waals surface area contributed by atoms with Gasteiger partial charge in [-0.1, -0.05) is 0 Å². The van der Waals surface area contributed by atoms with E-state index in [0.29, 0.717) is 12.0 Å². The molecule has 0 aromatic carbocycles. The number of likely N-dealkylation sites (tertiary alicyclic amines) is 1. The molecule has 1 fully saturated rings. The summed E-state index contributed by atoms with van der Waals surface area (Å²) in [4.78, 5) is 19.0. The first-order valence-electron chi connectivity index (χ1n) is 7.96. The Balaban J connectivity index is 1.77. The van der Waals surface area contributed by atoms with E-state index in [4.69, 9.17) is 4.74 Å². The molecule has 116 valence electrons. The van der Waals surface area contributed by atoms with E-state index in [-0.39, 0.29) is 11.9 Å². The molecule has 2 aliphatic rings. The van der Waals surface area contributed by atoms with Gasteiger partial charge in [0, 0.05) is 36.9 Å². The Labute approximate surface area is 126 Å². The average molecular weight is 291 g/mol. The summed E-state index contributed by atoms with van der Waals surface area (Å²) in [5.74, 6) is 1.56. The van der Waals surface area contributed by atoms with Crippen molar-refractivity contribution in [2.45, 2.75) is 51.6 Å². The summed E-state index contributed by atoms with van der Waals surface area (Å²) >= 11 is 0. The predicted octanol–water partition coefficient (Wildman–Crippen LogP) is 1.82. The predicted molar refractivity (Wildman–Crippen MR) is 80.1 cm³/mol. The summed E-state index contributed by atoms with van der Waals surface area (Å²) in [6, 6.07) is 0.591. The van der Waals surface area contributed by atoms with Crippen LogP contribution in [0.25, 0.3) is 0 Å². The smallest absolute Gasteiger partial charge is 0.310 e. The van der Waals surface area contributed by atoms with Crippen molar-refractivity contribution in [2.24, 2.45) is 5.92 Å². The highest BCUT2D eigenvalue weighted by molar-refractivity contribution is 5.72. The number of methoxy groups -OCH3 is 1. The Kier molecular flexibility index (Phi) is 4.02. The molecular formula is C16H25N3O2. The Morgan fingerprint density at radius 1 is 1.38 bits per heavy atom. The first-order valence-corrected chi connectivity index (χ1v) is 7.96. The molecule has 5 heteroatoms. The normalized spacial score (nSPS) is 26.1. The van der Waals surface area contributed by atoms with Crippen molar-refractivity contribution in [1.82, 2.24) is 14.5 Å². The molecule has 1 aromatic rings. The largest absolute Gasteiger partial charge is 0.469 e. The molecule has 1 saturated heterocycles. The van der Waals surface area contributed by atoms with Gasteiger partial charge in [-0.05, 0) is 39.7 Å². The maximum atomic E-state index is 11.8. The number of carbonyl (C=O) groups excluding carboxylic acids is 1. The molecule has 1 aromatic heterocycles. The van der Waals surface area contributed by atoms with Gasteiger partial charge in [0.25, 0.3) is 0 Å². The quantitative estimate of drug-likeness (QED) is 0.797. The Hall–Kier alpha value is -1.36. The monoisotopic (exact) mass is 291 g/mol. The third kappa shape index (κ3) is 2.71. The van der Waals surface area contributed by atoms with Crippen LogP contribution in [0.15, 0.2) is 6.20 Å². The Morgan fingerprint density at radius 2 is 2.19 bits per heavy atom. The molecule has 2 aliphatic heterocycles. The van der Waals surface area contributed by atoms with Crippen molar-refractivity contribution in [3.05, 3.63) is 17.7 Å². The summed E-state index contributed by atoms with van der Waals surface area (Å²) in [6.07, 6.45) is 4.96. The summed E-state index contributed by atoms with van der Waals surface area (Å²) < 4.78 is 7.19. The van der Waals surface area contributed by atoms with E-state index in [1.807, 2.05) is 6.20 Å². The number of esters is 1. The Morgan fingerprint density at radius 3 is 2.86 bits per heavy atom. The van der Waals surface area contributed by atoms with Crippen LogP contribution in [0.5, 0.6) is 0 Å². The van der Waals surface area contributed by atoms with Crippen molar-refractivity contribution >= 4 is 5.97 Å². The van der Waals surface area contributed by atoms with Gasteiger partial charge in [-0.25, -0.2) is 4.98 Å². The molecule has 21 heavy (non-hydrogen) atoms. The number of nitrogens with zero attached hydrogens (tertiary/aromatic N) is 3. The lowest BCUT2D eigenvalue weighted by Gasteiger charge is -2.25. The minimum absolute atomic E-state index is 0.0157. The summed E-state index contributed by atoms with van der Waals surface area (Å²) in [5, 5.41) is 0. The van der Waals surface area contributed by atoms with Crippen LogP contribution < -0.4 is 0 Å². The summed E-state index contributed by atoms with van der Waals surface area (Å²) in [6.45, 7) is 7.45. The lowest BCUT2D eigenvalue weighted by atomic mass is 9.97. The zero-order valence-electron chi connectivity index (χ0n) is 13.2. The number of fused-ring (bicyclic) bond motifs is 1. The molecule has 3 rings (SSSR count). The molecule has 0 bridgehead atoms. The molecule has 3 heterocycles. The van der Waals surface area contributed by atoms with E-state index in [1.54, 1.807) is 0 Å². The van der Waals surface area contributed by atoms with Gasteiger partial charge < -0.3 is 14.2 Å². The lowest BCUT2D eigenvalue weighted by Crippen LogP contribution is -2.30. The van der Waals surface area contributed by atoms with E-state index in [0.717, 1.165) is 38.9 Å². The second-order valence-electron chi connectivity index (χ2n) is 6.55. The lowest BCUT2D eigenvalue weighted by molar-refractivity contribution is -0.146. The zero-order chi connectivity index (χ0) is 15.0. The van der Waals surface area contributed by atoms with Crippen molar-refractivity contribution in [3.8, 4) is 0 Å². The molecule has 0 N–H and O–H groups in total. The van der Waals surface area contributed by atoms with Gasteiger partial charge in [-0.3, -0.25) is 4.79 Å². The second kappa shape index (κ2) is 5.79. The number of carbonyl (C=O) groups is 1. The minimum Gasteiger partial charge on any atom is -0.469 e. The number of ether oxygens (including phenoxy) is 1. The number of hydrogen-bond donors (Lipinski definition) is 0. The van der Waals surface area contributed by atoms with Crippen molar-refractivity contribution in [3.63, 3.8) is 0 Å². The van der Waals surface area contributed by atoms with Crippen LogP contribution in [-0.2, 0) is 22.5 Å². The first kappa shape index (κ1) is 14.6. The van der Waals surface area contributed by atoms with Crippen molar-refractivity contribution in [2.75, 3.05) is 20.2 Å². The van der Waals surface area contributed by atoms with E-state index in [1.165, 1.54) is 18.6 Å². The maximum Gasteiger partial charge on any atom is 0.310 e. The molecule has 0 aliphatic carbocycles. The van der Waals surface area contributed by atoms with Gasteiger partial charge in [0.05, 0.1) is 13.0 Å². The number of aromatic nitrogens is 2. The highest BCUT2D eigenvalue weighted by Crippen LogP contribution is 2.31. The van der Waals surface area contributed by atoms with Crippen LogP contribution in [0, 0.1) is 5.92 Å². The van der Waals surface area contributed by atoms with Crippen LogP contribution in [0.2, 0.25) is 0 Å². The first-order chi connectivity index (χ1) is 10.1. The van der Waals surface area contributed by atoms with Gasteiger partial charge in [0.2, 0.25) is 0 Å². The average Bonchev–Trinajstić information content (AvgIpc) is 3.11. The van der Waals surface area contributed by atoms with Gasteiger partial charge in [-0.2, -0.15) is 0 Å². The summed E-state index contributed by atoms with van der Waals surface area (Å²) in [7, 11) is 1.48. The third-order valence-electron chi connectivity index (χ3n) is 4.97. The van der Waals surface area contributed by atoms with Gasteiger partial charge in [0.1, 0.15) is 5.82 Å². The third-order valence-corrected chi connectivity index (χ3v) is 4.97. The molecule has 5 nitrogen and oxygen atoms in total. The molecule has 0 radical (unpaired) electrons. The molecule has 0 saturated carbocycles. The number of aryl methyl sites for hydroxylation is 1. The van der Waals surface area contributed by atoms with Crippen molar-refractivity contribution in [1.29, 1.82) is 0 Å². The van der Waals surface area contributed by atoms with Gasteiger partial charge >= 0.3 is 5.97 Å². The fraction of sp³-hybridized carbons (Fsp3) is 0.750. The molecule has 0 spiro atoms. The highest BCUT2D eigenvalue weighted by Gasteiger charge is 2.32. The van der Waals surface area contributed by atoms with Crippen LogP contribution in [0.3, 0.4) is 0 Å². The molecule has 2 unspecified atom stereocenters. The fourth-order valence-electron chi connectivity index (χ4n) is 3.62. The van der Waals surface area contributed by atoms with Gasteiger partial charge in [0.15, 0.2) is 0 Å². The number of rotatable bonds is 3. The minimum atomic E-state index is -0.0875. The van der Waals surface area contributed by atoms with E-state index in [9.17, 15) is 4.79 Å². The second-order valence-corrected chi connectivity index (χ2v) is 6.55. The number of hydrogen-bond acceptors (Lipinski definition) is 4. The van der Waals surface area contributed by atoms with Crippen molar-refractivity contribution < 1.29 is 9.53 Å². The molecule has 0 amide bonds. The summed E-state index contributed by atoms with van der Waals surface area (Å²) in [5.41, 5.74) is 1.27.